The first-order valence-electron chi connectivity index (χ1n) is 5.38. The summed E-state index contributed by atoms with van der Waals surface area (Å²) in [5, 5.41) is 19.4. The molecule has 0 aliphatic heterocycles. The Kier molecular flexibility index (Phi) is 4.59. The zero-order chi connectivity index (χ0) is 13.7. The van der Waals surface area contributed by atoms with Crippen LogP contribution in [0, 0.1) is 0 Å². The first-order valence-corrected chi connectivity index (χ1v) is 5.38. The normalized spacial score (nSPS) is 11.2. The molecule has 1 rings (SSSR count). The summed E-state index contributed by atoms with van der Waals surface area (Å²) in [6.07, 6.45) is 1.86. The second-order valence-electron chi connectivity index (χ2n) is 3.76. The van der Waals surface area contributed by atoms with Crippen LogP contribution in [0.4, 0.5) is 0 Å². The van der Waals surface area contributed by atoms with Crippen LogP contribution in [0.1, 0.15) is 24.2 Å². The summed E-state index contributed by atoms with van der Waals surface area (Å²) in [6, 6.07) is 2.37. The van der Waals surface area contributed by atoms with Crippen LogP contribution in [0.15, 0.2) is 23.8 Å². The van der Waals surface area contributed by atoms with E-state index in [-0.39, 0.29) is 29.4 Å². The summed E-state index contributed by atoms with van der Waals surface area (Å²) in [5.74, 6) is -1.31. The highest BCUT2D eigenvalue weighted by molar-refractivity contribution is 5.91. The van der Waals surface area contributed by atoms with Gasteiger partial charge in [-0.3, -0.25) is 0 Å². The summed E-state index contributed by atoms with van der Waals surface area (Å²) in [4.78, 5) is 11.2. The van der Waals surface area contributed by atoms with E-state index in [0.717, 1.165) is 5.57 Å². The highest BCUT2D eigenvalue weighted by Gasteiger charge is 2.15. The van der Waals surface area contributed by atoms with Gasteiger partial charge in [0.15, 0.2) is 11.5 Å². The van der Waals surface area contributed by atoms with E-state index in [1.54, 1.807) is 0 Å². The molecular formula is C13H16O5. The number of hydrogen-bond acceptors (Lipinski definition) is 5. The van der Waals surface area contributed by atoms with Gasteiger partial charge in [0.25, 0.3) is 0 Å². The Morgan fingerprint density at radius 2 is 1.89 bits per heavy atom. The smallest absolute Gasteiger partial charge is 0.338 e. The van der Waals surface area contributed by atoms with Gasteiger partial charge in [-0.15, -0.1) is 0 Å². The third-order valence-corrected chi connectivity index (χ3v) is 2.41. The van der Waals surface area contributed by atoms with Gasteiger partial charge in [0, 0.05) is 0 Å². The van der Waals surface area contributed by atoms with Gasteiger partial charge >= 0.3 is 5.97 Å². The van der Waals surface area contributed by atoms with Crippen molar-refractivity contribution >= 4 is 5.97 Å². The van der Waals surface area contributed by atoms with Crippen LogP contribution >= 0.6 is 0 Å². The molecule has 0 atom stereocenters. The maximum atomic E-state index is 11.2. The molecule has 1 aromatic rings. The van der Waals surface area contributed by atoms with E-state index < -0.39 is 5.97 Å². The van der Waals surface area contributed by atoms with Crippen molar-refractivity contribution in [3.8, 4) is 17.2 Å². The number of esters is 1. The summed E-state index contributed by atoms with van der Waals surface area (Å²) in [7, 11) is 1.22. The highest BCUT2D eigenvalue weighted by atomic mass is 16.5. The molecule has 0 saturated heterocycles. The maximum Gasteiger partial charge on any atom is 0.338 e. The molecule has 0 spiro atoms. The molecule has 0 aromatic heterocycles. The number of aromatic hydroxyl groups is 2. The fourth-order valence-corrected chi connectivity index (χ4v) is 1.25. The predicted octanol–water partition coefficient (Wildman–Crippen LogP) is 2.23. The molecule has 0 aliphatic rings. The van der Waals surface area contributed by atoms with Crippen molar-refractivity contribution in [3.63, 3.8) is 0 Å². The molecule has 0 fully saturated rings. The maximum absolute atomic E-state index is 11.2. The lowest BCUT2D eigenvalue weighted by atomic mass is 10.2. The summed E-state index contributed by atoms with van der Waals surface area (Å²) < 4.78 is 9.76. The van der Waals surface area contributed by atoms with Crippen LogP contribution in [-0.2, 0) is 4.74 Å². The molecule has 0 aliphatic carbocycles. The minimum absolute atomic E-state index is 0.0520. The Hall–Kier alpha value is -2.17. The third kappa shape index (κ3) is 3.16. The Labute approximate surface area is 105 Å². The molecule has 0 bridgehead atoms. The minimum Gasteiger partial charge on any atom is -0.504 e. The van der Waals surface area contributed by atoms with Crippen LogP contribution in [0.2, 0.25) is 0 Å². The molecule has 0 heterocycles. The van der Waals surface area contributed by atoms with Crippen LogP contribution in [0.5, 0.6) is 17.2 Å². The van der Waals surface area contributed by atoms with Gasteiger partial charge in [0.05, 0.1) is 12.7 Å². The van der Waals surface area contributed by atoms with Gasteiger partial charge in [0.1, 0.15) is 6.61 Å². The molecule has 5 nitrogen and oxygen atoms in total. The van der Waals surface area contributed by atoms with Gasteiger partial charge in [-0.05, 0) is 31.6 Å². The van der Waals surface area contributed by atoms with Gasteiger partial charge in [-0.1, -0.05) is 6.08 Å². The first kappa shape index (κ1) is 13.9. The van der Waals surface area contributed by atoms with Crippen molar-refractivity contribution in [3.05, 3.63) is 29.3 Å². The van der Waals surface area contributed by atoms with E-state index in [0.29, 0.717) is 0 Å². The molecule has 2 N–H and O–H groups in total. The second-order valence-corrected chi connectivity index (χ2v) is 3.76. The Morgan fingerprint density at radius 1 is 1.33 bits per heavy atom. The summed E-state index contributed by atoms with van der Waals surface area (Å²) in [6.45, 7) is 3.96. The number of carbonyl (C=O) groups excluding carboxylic acids is 1. The second kappa shape index (κ2) is 5.95. The number of benzene rings is 1. The lowest BCUT2D eigenvalue weighted by Gasteiger charge is -2.11. The van der Waals surface area contributed by atoms with Gasteiger partial charge in [-0.2, -0.15) is 0 Å². The number of phenols is 2. The van der Waals surface area contributed by atoms with Gasteiger partial charge < -0.3 is 19.7 Å². The van der Waals surface area contributed by atoms with E-state index in [1.165, 1.54) is 19.2 Å². The fraction of sp³-hybridized carbons (Fsp3) is 0.308. The average Bonchev–Trinajstić information content (AvgIpc) is 2.36. The van der Waals surface area contributed by atoms with Crippen molar-refractivity contribution in [2.45, 2.75) is 13.8 Å². The SMILES string of the molecule is C/C=C(\C)COc1c(O)cc(C(=O)OC)cc1O. The van der Waals surface area contributed by atoms with Crippen LogP contribution in [-0.4, -0.2) is 29.9 Å². The molecule has 98 valence electrons. The number of methoxy groups -OCH3 is 1. The van der Waals surface area contributed by atoms with Gasteiger partial charge in [0.2, 0.25) is 5.75 Å². The Morgan fingerprint density at radius 3 is 2.33 bits per heavy atom. The van der Waals surface area contributed by atoms with Crippen molar-refractivity contribution in [2.75, 3.05) is 13.7 Å². The fourth-order valence-electron chi connectivity index (χ4n) is 1.25. The molecule has 0 radical (unpaired) electrons. The Balaban J connectivity index is 2.98. The predicted molar refractivity (Wildman–Crippen MR) is 66.0 cm³/mol. The topological polar surface area (TPSA) is 76.0 Å². The standard InChI is InChI=1S/C13H16O5/c1-4-8(2)7-18-12-10(14)5-9(6-11(12)15)13(16)17-3/h4-6,14-15H,7H2,1-3H3/b8-4+. The van der Waals surface area contributed by atoms with E-state index in [1.807, 2.05) is 19.9 Å². The molecule has 0 unspecified atom stereocenters. The number of allylic oxidation sites excluding steroid dienone is 1. The minimum atomic E-state index is -0.642. The zero-order valence-electron chi connectivity index (χ0n) is 10.6. The van der Waals surface area contributed by atoms with E-state index in [9.17, 15) is 15.0 Å². The van der Waals surface area contributed by atoms with E-state index in [4.69, 9.17) is 4.74 Å². The van der Waals surface area contributed by atoms with Crippen LogP contribution in [0.3, 0.4) is 0 Å². The highest BCUT2D eigenvalue weighted by Crippen LogP contribution is 2.37. The number of rotatable bonds is 4. The monoisotopic (exact) mass is 252 g/mol. The lowest BCUT2D eigenvalue weighted by molar-refractivity contribution is 0.0599. The number of carbonyl (C=O) groups is 1. The van der Waals surface area contributed by atoms with Crippen molar-refractivity contribution in [1.82, 2.24) is 0 Å². The summed E-state index contributed by atoms with van der Waals surface area (Å²) >= 11 is 0. The van der Waals surface area contributed by atoms with Crippen LogP contribution < -0.4 is 4.74 Å². The van der Waals surface area contributed by atoms with Crippen molar-refractivity contribution < 1.29 is 24.5 Å². The number of ether oxygens (including phenoxy) is 2. The summed E-state index contributed by atoms with van der Waals surface area (Å²) in [5.41, 5.74) is 1.01. The Bertz CT molecular complexity index is 453. The zero-order valence-corrected chi connectivity index (χ0v) is 10.6. The molecule has 0 amide bonds. The lowest BCUT2D eigenvalue weighted by Crippen LogP contribution is -2.03. The van der Waals surface area contributed by atoms with Crippen molar-refractivity contribution in [1.29, 1.82) is 0 Å². The van der Waals surface area contributed by atoms with E-state index >= 15 is 0 Å². The molecule has 18 heavy (non-hydrogen) atoms. The number of hydrogen-bond donors (Lipinski definition) is 2. The first-order chi connectivity index (χ1) is 8.49. The van der Waals surface area contributed by atoms with Crippen LogP contribution in [0.25, 0.3) is 0 Å². The third-order valence-electron chi connectivity index (χ3n) is 2.41. The largest absolute Gasteiger partial charge is 0.504 e. The quantitative estimate of drug-likeness (QED) is 0.634. The number of phenolic OH excluding ortho intramolecular Hbond substituents is 2. The van der Waals surface area contributed by atoms with Gasteiger partial charge in [-0.25, -0.2) is 4.79 Å². The molecule has 0 saturated carbocycles. The molecule has 5 heteroatoms. The molecular weight excluding hydrogens is 236 g/mol. The van der Waals surface area contributed by atoms with E-state index in [2.05, 4.69) is 4.74 Å². The average molecular weight is 252 g/mol. The van der Waals surface area contributed by atoms with Crippen molar-refractivity contribution in [2.24, 2.45) is 0 Å². The molecule has 1 aromatic carbocycles.